The Bertz CT molecular complexity index is 956. The third-order valence-corrected chi connectivity index (χ3v) is 4.77. The normalized spacial score (nSPS) is 13.0. The second-order valence-corrected chi connectivity index (χ2v) is 6.81. The standard InChI is InChI=1S/C23H29N3O5/c1-15-9-7-12-20(22(26-30-6)23(27)28-4)21(15)14-31-25-17(3)19-11-8-10-18(13-19)16(2)24-29-5/h7-13,22,26H,14H2,1-6H3/b24-16+,25-17+. The Hall–Kier alpha value is -3.23. The quantitative estimate of drug-likeness (QED) is 0.353. The van der Waals surface area contributed by atoms with Crippen molar-refractivity contribution in [3.63, 3.8) is 0 Å². The highest BCUT2D eigenvalue weighted by Gasteiger charge is 2.25. The monoisotopic (exact) mass is 427 g/mol. The molecular formula is C23H29N3O5. The number of carbonyl (C=O) groups excluding carboxylic acids is 1. The number of aryl methyl sites for hydroxylation is 1. The number of nitrogens with one attached hydrogen (secondary N) is 1. The van der Waals surface area contributed by atoms with Crippen LogP contribution in [0.1, 0.15) is 47.7 Å². The van der Waals surface area contributed by atoms with Crippen LogP contribution in [-0.4, -0.2) is 38.7 Å². The average molecular weight is 428 g/mol. The molecular weight excluding hydrogens is 398 g/mol. The van der Waals surface area contributed by atoms with Gasteiger partial charge in [-0.2, -0.15) is 5.48 Å². The summed E-state index contributed by atoms with van der Waals surface area (Å²) in [6.45, 7) is 5.87. The molecule has 2 aromatic carbocycles. The van der Waals surface area contributed by atoms with Gasteiger partial charge in [-0.1, -0.05) is 46.7 Å². The molecule has 1 atom stereocenters. The lowest BCUT2D eigenvalue weighted by Gasteiger charge is -2.19. The fraction of sp³-hybridized carbons (Fsp3) is 0.348. The Morgan fingerprint density at radius 2 is 1.65 bits per heavy atom. The van der Waals surface area contributed by atoms with Crippen LogP contribution in [0.25, 0.3) is 0 Å². The van der Waals surface area contributed by atoms with Gasteiger partial charge in [0.2, 0.25) is 0 Å². The van der Waals surface area contributed by atoms with Crippen molar-refractivity contribution >= 4 is 17.4 Å². The van der Waals surface area contributed by atoms with Gasteiger partial charge >= 0.3 is 5.97 Å². The number of carbonyl (C=O) groups is 1. The molecule has 0 saturated heterocycles. The van der Waals surface area contributed by atoms with Crippen molar-refractivity contribution in [2.45, 2.75) is 33.4 Å². The molecule has 166 valence electrons. The van der Waals surface area contributed by atoms with E-state index >= 15 is 0 Å². The van der Waals surface area contributed by atoms with Gasteiger partial charge in [0.05, 0.1) is 25.6 Å². The van der Waals surface area contributed by atoms with Crippen molar-refractivity contribution in [2.75, 3.05) is 21.3 Å². The highest BCUT2D eigenvalue weighted by atomic mass is 16.6. The highest BCUT2D eigenvalue weighted by Crippen LogP contribution is 2.24. The van der Waals surface area contributed by atoms with Gasteiger partial charge in [0.25, 0.3) is 0 Å². The van der Waals surface area contributed by atoms with E-state index in [1.165, 1.54) is 21.3 Å². The number of esters is 1. The Labute approximate surface area is 182 Å². The maximum absolute atomic E-state index is 12.2. The zero-order valence-electron chi connectivity index (χ0n) is 18.8. The van der Waals surface area contributed by atoms with E-state index in [-0.39, 0.29) is 6.61 Å². The summed E-state index contributed by atoms with van der Waals surface area (Å²) in [5.74, 6) is -0.460. The molecule has 0 aliphatic carbocycles. The number of nitrogens with zero attached hydrogens (tertiary/aromatic N) is 2. The van der Waals surface area contributed by atoms with Crippen LogP contribution in [0.2, 0.25) is 0 Å². The van der Waals surface area contributed by atoms with Crippen LogP contribution in [0.15, 0.2) is 52.8 Å². The molecule has 2 aromatic rings. The van der Waals surface area contributed by atoms with Crippen molar-refractivity contribution < 1.29 is 24.0 Å². The van der Waals surface area contributed by atoms with Crippen molar-refractivity contribution in [3.8, 4) is 0 Å². The van der Waals surface area contributed by atoms with E-state index < -0.39 is 12.0 Å². The van der Waals surface area contributed by atoms with Crippen LogP contribution in [0.5, 0.6) is 0 Å². The molecule has 31 heavy (non-hydrogen) atoms. The number of rotatable bonds is 10. The first-order chi connectivity index (χ1) is 14.9. The summed E-state index contributed by atoms with van der Waals surface area (Å²) in [4.78, 5) is 27.7. The molecule has 0 aliphatic heterocycles. The smallest absolute Gasteiger partial charge is 0.329 e. The number of oxime groups is 2. The van der Waals surface area contributed by atoms with E-state index in [1.54, 1.807) is 0 Å². The van der Waals surface area contributed by atoms with Crippen LogP contribution in [0.3, 0.4) is 0 Å². The van der Waals surface area contributed by atoms with E-state index in [4.69, 9.17) is 19.2 Å². The van der Waals surface area contributed by atoms with Gasteiger partial charge in [-0.15, -0.1) is 0 Å². The molecule has 8 nitrogen and oxygen atoms in total. The van der Waals surface area contributed by atoms with Gasteiger partial charge in [-0.3, -0.25) is 0 Å². The fourth-order valence-corrected chi connectivity index (χ4v) is 3.07. The molecule has 0 heterocycles. The fourth-order valence-electron chi connectivity index (χ4n) is 3.07. The summed E-state index contributed by atoms with van der Waals surface area (Å²) in [6.07, 6.45) is 0. The van der Waals surface area contributed by atoms with Gasteiger partial charge in [-0.25, -0.2) is 4.79 Å². The molecule has 8 heteroatoms. The Morgan fingerprint density at radius 1 is 1.00 bits per heavy atom. The van der Waals surface area contributed by atoms with Gasteiger partial charge < -0.3 is 19.2 Å². The van der Waals surface area contributed by atoms with Crippen LogP contribution >= 0.6 is 0 Å². The number of hydrogen-bond acceptors (Lipinski definition) is 8. The third kappa shape index (κ3) is 6.37. The minimum Gasteiger partial charge on any atom is -0.468 e. The van der Waals surface area contributed by atoms with Crippen LogP contribution in [-0.2, 0) is 30.7 Å². The van der Waals surface area contributed by atoms with Gasteiger partial charge in [0.15, 0.2) is 6.04 Å². The predicted octanol–water partition coefficient (Wildman–Crippen LogP) is 3.67. The second kappa shape index (κ2) is 11.8. The first-order valence-electron chi connectivity index (χ1n) is 9.72. The number of methoxy groups -OCH3 is 1. The first kappa shape index (κ1) is 24.0. The number of hydrogen-bond donors (Lipinski definition) is 1. The van der Waals surface area contributed by atoms with Crippen LogP contribution in [0.4, 0.5) is 0 Å². The Kier molecular flexibility index (Phi) is 9.17. The zero-order chi connectivity index (χ0) is 22.8. The minimum atomic E-state index is -0.779. The molecule has 0 spiro atoms. The molecule has 2 rings (SSSR count). The lowest BCUT2D eigenvalue weighted by Crippen LogP contribution is -2.30. The summed E-state index contributed by atoms with van der Waals surface area (Å²) in [6, 6.07) is 12.7. The van der Waals surface area contributed by atoms with Gasteiger partial charge in [0.1, 0.15) is 13.7 Å². The van der Waals surface area contributed by atoms with E-state index in [0.29, 0.717) is 11.3 Å². The highest BCUT2D eigenvalue weighted by molar-refractivity contribution is 6.03. The van der Waals surface area contributed by atoms with Crippen molar-refractivity contribution in [3.05, 3.63) is 70.3 Å². The lowest BCUT2D eigenvalue weighted by atomic mass is 9.97. The largest absolute Gasteiger partial charge is 0.468 e. The van der Waals surface area contributed by atoms with Crippen LogP contribution < -0.4 is 5.48 Å². The molecule has 0 aliphatic rings. The number of ether oxygens (including phenoxy) is 1. The molecule has 0 aromatic heterocycles. The topological polar surface area (TPSA) is 90.7 Å². The van der Waals surface area contributed by atoms with Crippen molar-refractivity contribution in [2.24, 2.45) is 10.3 Å². The second-order valence-electron chi connectivity index (χ2n) is 6.81. The summed E-state index contributed by atoms with van der Waals surface area (Å²) in [7, 11) is 4.29. The molecule has 0 saturated carbocycles. The molecule has 1 unspecified atom stereocenters. The predicted molar refractivity (Wildman–Crippen MR) is 119 cm³/mol. The molecule has 0 fully saturated rings. The molecule has 0 amide bonds. The first-order valence-corrected chi connectivity index (χ1v) is 9.72. The number of benzene rings is 2. The summed E-state index contributed by atoms with van der Waals surface area (Å²) < 4.78 is 4.89. The molecule has 1 N–H and O–H groups in total. The van der Waals surface area contributed by atoms with Crippen LogP contribution in [0, 0.1) is 6.92 Å². The molecule has 0 bridgehead atoms. The van der Waals surface area contributed by atoms with Crippen molar-refractivity contribution in [1.29, 1.82) is 0 Å². The summed E-state index contributed by atoms with van der Waals surface area (Å²) in [5.41, 5.74) is 8.49. The Balaban J connectivity index is 2.23. The van der Waals surface area contributed by atoms with E-state index in [1.807, 2.05) is 63.2 Å². The minimum absolute atomic E-state index is 0.183. The summed E-state index contributed by atoms with van der Waals surface area (Å²) in [5, 5.41) is 8.23. The number of hydroxylamine groups is 1. The van der Waals surface area contributed by atoms with E-state index in [0.717, 1.165) is 28.0 Å². The SMILES string of the molecule is CO/N=C(\C)c1cccc(/C(C)=N/OCc2c(C)cccc2C(NOC)C(=O)OC)c1. The Morgan fingerprint density at radius 3 is 2.26 bits per heavy atom. The van der Waals surface area contributed by atoms with Gasteiger partial charge in [-0.05, 0) is 49.1 Å². The average Bonchev–Trinajstić information content (AvgIpc) is 2.78. The molecule has 0 radical (unpaired) electrons. The third-order valence-electron chi connectivity index (χ3n) is 4.77. The lowest BCUT2D eigenvalue weighted by molar-refractivity contribution is -0.147. The summed E-state index contributed by atoms with van der Waals surface area (Å²) >= 11 is 0. The zero-order valence-corrected chi connectivity index (χ0v) is 18.8. The maximum Gasteiger partial charge on any atom is 0.329 e. The van der Waals surface area contributed by atoms with Crippen molar-refractivity contribution in [1.82, 2.24) is 5.48 Å². The maximum atomic E-state index is 12.2. The van der Waals surface area contributed by atoms with Gasteiger partial charge in [0, 0.05) is 5.56 Å². The van der Waals surface area contributed by atoms with E-state index in [2.05, 4.69) is 15.8 Å². The van der Waals surface area contributed by atoms with E-state index in [9.17, 15) is 4.79 Å².